The van der Waals surface area contributed by atoms with E-state index in [0.717, 1.165) is 22.9 Å². The fourth-order valence-electron chi connectivity index (χ4n) is 1.98. The molecule has 1 amide bonds. The predicted octanol–water partition coefficient (Wildman–Crippen LogP) is 4.36. The first-order chi connectivity index (χ1) is 9.95. The zero-order valence-corrected chi connectivity index (χ0v) is 12.9. The molecule has 1 unspecified atom stereocenters. The fraction of sp³-hybridized carbons (Fsp3) is 0.353. The summed E-state index contributed by atoms with van der Waals surface area (Å²) >= 11 is 0. The van der Waals surface area contributed by atoms with E-state index in [9.17, 15) is 4.79 Å². The van der Waals surface area contributed by atoms with Crippen LogP contribution in [0.3, 0.4) is 0 Å². The highest BCUT2D eigenvalue weighted by Gasteiger charge is 2.10. The first-order valence-electron chi connectivity index (χ1n) is 7.19. The van der Waals surface area contributed by atoms with Gasteiger partial charge in [-0.3, -0.25) is 4.79 Å². The summed E-state index contributed by atoms with van der Waals surface area (Å²) in [6, 6.07) is 11.7. The molecule has 0 aliphatic heterocycles. The van der Waals surface area contributed by atoms with E-state index < -0.39 is 0 Å². The summed E-state index contributed by atoms with van der Waals surface area (Å²) in [4.78, 5) is 11.7. The van der Waals surface area contributed by atoms with Gasteiger partial charge < -0.3 is 15.1 Å². The summed E-state index contributed by atoms with van der Waals surface area (Å²) < 4.78 is 5.61. The second-order valence-electron chi connectivity index (χ2n) is 5.54. The lowest BCUT2D eigenvalue weighted by atomic mass is 10.2. The molecule has 2 rings (SSSR count). The Hall–Kier alpha value is -2.23. The number of aryl methyl sites for hydroxylation is 1. The van der Waals surface area contributed by atoms with Crippen LogP contribution in [0.1, 0.15) is 38.3 Å². The minimum Gasteiger partial charge on any atom is -0.464 e. The van der Waals surface area contributed by atoms with Crippen LogP contribution in [0.25, 0.3) is 0 Å². The topological polar surface area (TPSA) is 54.3 Å². The summed E-state index contributed by atoms with van der Waals surface area (Å²) in [5.41, 5.74) is 1.74. The molecule has 0 aliphatic carbocycles. The Kier molecular flexibility index (Phi) is 4.68. The van der Waals surface area contributed by atoms with Crippen molar-refractivity contribution in [3.63, 3.8) is 0 Å². The molecular weight excluding hydrogens is 264 g/mol. The maximum atomic E-state index is 11.7. The van der Waals surface area contributed by atoms with Crippen molar-refractivity contribution in [1.29, 1.82) is 0 Å². The smallest absolute Gasteiger partial charge is 0.226 e. The highest BCUT2D eigenvalue weighted by atomic mass is 16.3. The zero-order valence-electron chi connectivity index (χ0n) is 12.9. The molecule has 1 aromatic heterocycles. The van der Waals surface area contributed by atoms with Gasteiger partial charge >= 0.3 is 0 Å². The molecule has 21 heavy (non-hydrogen) atoms. The SMILES string of the molecule is Cc1ccc(C(C)Nc2cccc(NC(=O)C(C)C)c2)o1. The van der Waals surface area contributed by atoms with Crippen molar-refractivity contribution in [1.82, 2.24) is 0 Å². The number of nitrogens with one attached hydrogen (secondary N) is 2. The van der Waals surface area contributed by atoms with Gasteiger partial charge in [-0.05, 0) is 44.2 Å². The highest BCUT2D eigenvalue weighted by molar-refractivity contribution is 5.92. The van der Waals surface area contributed by atoms with Gasteiger partial charge in [-0.2, -0.15) is 0 Å². The van der Waals surface area contributed by atoms with E-state index in [1.807, 2.05) is 64.1 Å². The highest BCUT2D eigenvalue weighted by Crippen LogP contribution is 2.23. The van der Waals surface area contributed by atoms with Crippen LogP contribution in [0.5, 0.6) is 0 Å². The molecule has 0 aliphatic rings. The molecule has 0 radical (unpaired) electrons. The van der Waals surface area contributed by atoms with Crippen molar-refractivity contribution < 1.29 is 9.21 Å². The Labute approximate surface area is 125 Å². The molecule has 1 aromatic carbocycles. The molecule has 2 N–H and O–H groups in total. The summed E-state index contributed by atoms with van der Waals surface area (Å²) in [7, 11) is 0. The second-order valence-corrected chi connectivity index (χ2v) is 5.54. The molecule has 0 saturated carbocycles. The van der Waals surface area contributed by atoms with E-state index in [1.54, 1.807) is 0 Å². The molecule has 1 heterocycles. The van der Waals surface area contributed by atoms with E-state index in [2.05, 4.69) is 10.6 Å². The lowest BCUT2D eigenvalue weighted by molar-refractivity contribution is -0.118. The van der Waals surface area contributed by atoms with Crippen LogP contribution in [0.2, 0.25) is 0 Å². The molecule has 2 aromatic rings. The number of anilines is 2. The summed E-state index contributed by atoms with van der Waals surface area (Å²) in [6.07, 6.45) is 0. The van der Waals surface area contributed by atoms with Crippen LogP contribution in [-0.4, -0.2) is 5.91 Å². The first-order valence-corrected chi connectivity index (χ1v) is 7.19. The Bertz CT molecular complexity index is 617. The van der Waals surface area contributed by atoms with Crippen LogP contribution < -0.4 is 10.6 Å². The Balaban J connectivity index is 2.05. The molecule has 4 heteroatoms. The van der Waals surface area contributed by atoms with Gasteiger partial charge in [0.15, 0.2) is 0 Å². The number of carbonyl (C=O) groups is 1. The van der Waals surface area contributed by atoms with Crippen LogP contribution in [0.15, 0.2) is 40.8 Å². The van der Waals surface area contributed by atoms with Gasteiger partial charge in [0, 0.05) is 17.3 Å². The Morgan fingerprint density at radius 3 is 2.43 bits per heavy atom. The second kappa shape index (κ2) is 6.48. The molecule has 0 saturated heterocycles. The van der Waals surface area contributed by atoms with Crippen molar-refractivity contribution in [2.75, 3.05) is 10.6 Å². The van der Waals surface area contributed by atoms with Gasteiger partial charge in [-0.25, -0.2) is 0 Å². The minimum absolute atomic E-state index is 0.0156. The van der Waals surface area contributed by atoms with Crippen LogP contribution in [0.4, 0.5) is 11.4 Å². The summed E-state index contributed by atoms with van der Waals surface area (Å²) in [5, 5.41) is 6.27. The van der Waals surface area contributed by atoms with Gasteiger partial charge in [0.25, 0.3) is 0 Å². The quantitative estimate of drug-likeness (QED) is 0.859. The molecule has 112 valence electrons. The maximum Gasteiger partial charge on any atom is 0.226 e. The molecule has 0 spiro atoms. The van der Waals surface area contributed by atoms with Crippen molar-refractivity contribution >= 4 is 17.3 Å². The van der Waals surface area contributed by atoms with Crippen LogP contribution >= 0.6 is 0 Å². The molecule has 0 fully saturated rings. The van der Waals surface area contributed by atoms with Gasteiger partial charge in [0.05, 0.1) is 6.04 Å². The Morgan fingerprint density at radius 2 is 1.81 bits per heavy atom. The number of furan rings is 1. The number of benzene rings is 1. The number of carbonyl (C=O) groups excluding carboxylic acids is 1. The first kappa shape index (κ1) is 15.2. The number of hydrogen-bond donors (Lipinski definition) is 2. The third-order valence-electron chi connectivity index (χ3n) is 3.23. The lowest BCUT2D eigenvalue weighted by Gasteiger charge is -2.14. The van der Waals surface area contributed by atoms with E-state index in [1.165, 1.54) is 0 Å². The largest absolute Gasteiger partial charge is 0.464 e. The van der Waals surface area contributed by atoms with E-state index in [-0.39, 0.29) is 17.9 Å². The number of amides is 1. The van der Waals surface area contributed by atoms with Crippen LogP contribution in [0, 0.1) is 12.8 Å². The average molecular weight is 286 g/mol. The normalized spacial score (nSPS) is 12.2. The van der Waals surface area contributed by atoms with E-state index in [4.69, 9.17) is 4.42 Å². The average Bonchev–Trinajstić information content (AvgIpc) is 2.86. The Morgan fingerprint density at radius 1 is 1.10 bits per heavy atom. The van der Waals surface area contributed by atoms with Crippen molar-refractivity contribution in [2.45, 2.75) is 33.7 Å². The van der Waals surface area contributed by atoms with Gasteiger partial charge in [-0.15, -0.1) is 0 Å². The standard InChI is InChI=1S/C17H22N2O2/c1-11(2)17(20)19-15-7-5-6-14(10-15)18-13(4)16-9-8-12(3)21-16/h5-11,13,18H,1-4H3,(H,19,20). The van der Waals surface area contributed by atoms with Gasteiger partial charge in [0.1, 0.15) is 11.5 Å². The maximum absolute atomic E-state index is 11.7. The number of rotatable bonds is 5. The zero-order chi connectivity index (χ0) is 15.4. The van der Waals surface area contributed by atoms with E-state index in [0.29, 0.717) is 0 Å². The van der Waals surface area contributed by atoms with Crippen molar-refractivity contribution in [3.05, 3.63) is 47.9 Å². The third-order valence-corrected chi connectivity index (χ3v) is 3.23. The van der Waals surface area contributed by atoms with Crippen molar-refractivity contribution in [2.24, 2.45) is 5.92 Å². The number of hydrogen-bond acceptors (Lipinski definition) is 3. The van der Waals surface area contributed by atoms with E-state index >= 15 is 0 Å². The summed E-state index contributed by atoms with van der Waals surface area (Å²) in [6.45, 7) is 7.72. The lowest BCUT2D eigenvalue weighted by Crippen LogP contribution is -2.17. The van der Waals surface area contributed by atoms with Gasteiger partial charge in [0.2, 0.25) is 5.91 Å². The minimum atomic E-state index is -0.0355. The molecular formula is C17H22N2O2. The molecule has 4 nitrogen and oxygen atoms in total. The van der Waals surface area contributed by atoms with Crippen molar-refractivity contribution in [3.8, 4) is 0 Å². The third kappa shape index (κ3) is 4.12. The monoisotopic (exact) mass is 286 g/mol. The van der Waals surface area contributed by atoms with Crippen LogP contribution in [-0.2, 0) is 4.79 Å². The fourth-order valence-corrected chi connectivity index (χ4v) is 1.98. The van der Waals surface area contributed by atoms with Gasteiger partial charge in [-0.1, -0.05) is 19.9 Å². The predicted molar refractivity (Wildman–Crippen MR) is 85.4 cm³/mol. The molecule has 0 bridgehead atoms. The molecule has 1 atom stereocenters. The summed E-state index contributed by atoms with van der Waals surface area (Å²) in [5.74, 6) is 1.77.